The van der Waals surface area contributed by atoms with E-state index in [2.05, 4.69) is 4.98 Å². The molecule has 0 bridgehead atoms. The van der Waals surface area contributed by atoms with Crippen molar-refractivity contribution in [2.24, 2.45) is 0 Å². The minimum Gasteiger partial charge on any atom is -0.503 e. The Hall–Kier alpha value is -4.17. The first-order valence-corrected chi connectivity index (χ1v) is 10.2. The summed E-state index contributed by atoms with van der Waals surface area (Å²) in [6.07, 6.45) is 1.64. The molecule has 6 rings (SSSR count). The van der Waals surface area contributed by atoms with Crippen LogP contribution in [0.15, 0.2) is 54.7 Å². The zero-order chi connectivity index (χ0) is 21.4. The Balaban J connectivity index is 1.87. The number of nitrogens with zero attached hydrogens (tertiary/aromatic N) is 2. The van der Waals surface area contributed by atoms with Crippen molar-refractivity contribution < 1.29 is 25.5 Å². The lowest BCUT2D eigenvalue weighted by Crippen LogP contribution is -1.96. The standard InChI is InChI=1S/C23H14N2O5S/c26-18-17(19(27)21(29)22(30)20(18)28)25-12-7-3-1-5-10(12)15-13(25)9-24-16-11-6-2-4-8-14(11)31-23(15)16/h1-9,26-30H. The fraction of sp³-hybridized carbons (Fsp3) is 0. The zero-order valence-electron chi connectivity index (χ0n) is 15.7. The number of rotatable bonds is 1. The van der Waals surface area contributed by atoms with Crippen LogP contribution in [-0.4, -0.2) is 35.1 Å². The molecular weight excluding hydrogens is 416 g/mol. The molecule has 0 amide bonds. The Bertz CT molecular complexity index is 1670. The Morgan fingerprint density at radius 2 is 1.29 bits per heavy atom. The van der Waals surface area contributed by atoms with Crippen LogP contribution in [-0.2, 0) is 0 Å². The molecular formula is C23H14N2O5S. The van der Waals surface area contributed by atoms with Crippen LogP contribution in [0.3, 0.4) is 0 Å². The summed E-state index contributed by atoms with van der Waals surface area (Å²) in [6, 6.07) is 15.4. The van der Waals surface area contributed by atoms with Gasteiger partial charge in [0.2, 0.25) is 17.2 Å². The number of phenolic OH excluding ortho intramolecular Hbond substituents is 5. The smallest absolute Gasteiger partial charge is 0.208 e. The third kappa shape index (κ3) is 2.14. The van der Waals surface area contributed by atoms with Crippen LogP contribution in [0.2, 0.25) is 0 Å². The van der Waals surface area contributed by atoms with E-state index in [4.69, 9.17) is 0 Å². The van der Waals surface area contributed by atoms with Gasteiger partial charge in [-0.2, -0.15) is 0 Å². The van der Waals surface area contributed by atoms with Gasteiger partial charge in [-0.25, -0.2) is 0 Å². The van der Waals surface area contributed by atoms with Crippen molar-refractivity contribution in [2.45, 2.75) is 0 Å². The highest BCUT2D eigenvalue weighted by Gasteiger charge is 2.27. The number of benzene rings is 3. The number of phenols is 5. The molecule has 6 aromatic rings. The summed E-state index contributed by atoms with van der Waals surface area (Å²) in [6.45, 7) is 0. The van der Waals surface area contributed by atoms with Crippen LogP contribution in [0, 0.1) is 0 Å². The number of aromatic nitrogens is 2. The first-order chi connectivity index (χ1) is 15.0. The van der Waals surface area contributed by atoms with Gasteiger partial charge >= 0.3 is 0 Å². The number of fused-ring (bicyclic) bond motifs is 7. The van der Waals surface area contributed by atoms with Crippen LogP contribution in [0.5, 0.6) is 28.7 Å². The largest absolute Gasteiger partial charge is 0.503 e. The molecule has 0 spiro atoms. The summed E-state index contributed by atoms with van der Waals surface area (Å²) >= 11 is 1.59. The average Bonchev–Trinajstić information content (AvgIpc) is 3.33. The summed E-state index contributed by atoms with van der Waals surface area (Å²) in [5.41, 5.74) is 1.79. The van der Waals surface area contributed by atoms with Crippen LogP contribution in [0.25, 0.3) is 47.8 Å². The molecule has 0 unspecified atom stereocenters. The molecule has 7 nitrogen and oxygen atoms in total. The highest BCUT2D eigenvalue weighted by Crippen LogP contribution is 2.54. The summed E-state index contributed by atoms with van der Waals surface area (Å²) in [4.78, 5) is 4.65. The SMILES string of the molecule is Oc1c(O)c(O)c(-n2c3ccccc3c3c4sc5ccccc5c4ncc32)c(O)c1O. The van der Waals surface area contributed by atoms with E-state index >= 15 is 0 Å². The Labute approximate surface area is 177 Å². The van der Waals surface area contributed by atoms with Crippen molar-refractivity contribution in [1.29, 1.82) is 0 Å². The molecule has 8 heteroatoms. The van der Waals surface area contributed by atoms with Gasteiger partial charge in [0.1, 0.15) is 5.69 Å². The molecule has 5 N–H and O–H groups in total. The van der Waals surface area contributed by atoms with Gasteiger partial charge in [0.15, 0.2) is 11.5 Å². The Kier molecular flexibility index (Phi) is 3.38. The third-order valence-electron chi connectivity index (χ3n) is 5.59. The fourth-order valence-corrected chi connectivity index (χ4v) is 5.42. The summed E-state index contributed by atoms with van der Waals surface area (Å²) in [5.74, 6) is -4.36. The van der Waals surface area contributed by atoms with E-state index < -0.39 is 28.7 Å². The van der Waals surface area contributed by atoms with Gasteiger partial charge in [-0.3, -0.25) is 4.98 Å². The number of para-hydroxylation sites is 1. The predicted molar refractivity (Wildman–Crippen MR) is 120 cm³/mol. The monoisotopic (exact) mass is 430 g/mol. The van der Waals surface area contributed by atoms with E-state index in [1.54, 1.807) is 23.6 Å². The first-order valence-electron chi connectivity index (χ1n) is 9.37. The molecule has 31 heavy (non-hydrogen) atoms. The quantitative estimate of drug-likeness (QED) is 0.183. The van der Waals surface area contributed by atoms with Crippen molar-refractivity contribution >= 4 is 53.4 Å². The number of thiophene rings is 1. The number of aromatic hydroxyl groups is 5. The molecule has 0 aliphatic rings. The van der Waals surface area contributed by atoms with Crippen LogP contribution in [0.4, 0.5) is 0 Å². The normalized spacial score (nSPS) is 11.9. The molecule has 0 aliphatic carbocycles. The molecule has 0 saturated carbocycles. The Morgan fingerprint density at radius 1 is 0.677 bits per heavy atom. The van der Waals surface area contributed by atoms with E-state index in [9.17, 15) is 25.5 Å². The Morgan fingerprint density at radius 3 is 2.03 bits per heavy atom. The van der Waals surface area contributed by atoms with Crippen molar-refractivity contribution in [3.8, 4) is 34.4 Å². The summed E-state index contributed by atoms with van der Waals surface area (Å²) < 4.78 is 3.55. The molecule has 0 fully saturated rings. The van der Waals surface area contributed by atoms with E-state index in [0.29, 0.717) is 11.0 Å². The van der Waals surface area contributed by atoms with Crippen molar-refractivity contribution in [3.63, 3.8) is 0 Å². The van der Waals surface area contributed by atoms with E-state index in [1.165, 1.54) is 4.57 Å². The average molecular weight is 430 g/mol. The first kappa shape index (κ1) is 17.7. The summed E-state index contributed by atoms with van der Waals surface area (Å²) in [7, 11) is 0. The molecule has 3 heterocycles. The van der Waals surface area contributed by atoms with Crippen molar-refractivity contribution in [2.75, 3.05) is 0 Å². The minimum absolute atomic E-state index is 0.249. The number of pyridine rings is 1. The highest BCUT2D eigenvalue weighted by atomic mass is 32.1. The zero-order valence-corrected chi connectivity index (χ0v) is 16.6. The van der Waals surface area contributed by atoms with Gasteiger partial charge in [0.05, 0.1) is 27.4 Å². The molecule has 3 aromatic carbocycles. The third-order valence-corrected chi connectivity index (χ3v) is 6.77. The molecule has 0 aliphatic heterocycles. The van der Waals surface area contributed by atoms with Gasteiger partial charge in [-0.15, -0.1) is 11.3 Å². The van der Waals surface area contributed by atoms with Crippen molar-refractivity contribution in [3.05, 3.63) is 54.7 Å². The van der Waals surface area contributed by atoms with Gasteiger partial charge in [-0.05, 0) is 12.1 Å². The lowest BCUT2D eigenvalue weighted by Gasteiger charge is -2.15. The van der Waals surface area contributed by atoms with Crippen LogP contribution in [0.1, 0.15) is 0 Å². The maximum Gasteiger partial charge on any atom is 0.208 e. The molecule has 3 aromatic heterocycles. The fourth-order valence-electron chi connectivity index (χ4n) is 4.20. The maximum atomic E-state index is 10.6. The highest BCUT2D eigenvalue weighted by molar-refractivity contribution is 7.26. The maximum absolute atomic E-state index is 10.6. The number of hydrogen-bond donors (Lipinski definition) is 5. The number of hydrogen-bond acceptors (Lipinski definition) is 7. The second kappa shape index (κ2) is 5.93. The second-order valence-corrected chi connectivity index (χ2v) is 8.29. The van der Waals surface area contributed by atoms with Gasteiger partial charge < -0.3 is 30.1 Å². The second-order valence-electron chi connectivity index (χ2n) is 7.24. The molecule has 152 valence electrons. The summed E-state index contributed by atoms with van der Waals surface area (Å²) in [5, 5.41) is 53.9. The lowest BCUT2D eigenvalue weighted by molar-refractivity contribution is 0.327. The van der Waals surface area contributed by atoms with Crippen LogP contribution >= 0.6 is 11.3 Å². The van der Waals surface area contributed by atoms with Crippen LogP contribution < -0.4 is 0 Å². The molecule has 0 radical (unpaired) electrons. The van der Waals surface area contributed by atoms with Gasteiger partial charge in [0.25, 0.3) is 0 Å². The van der Waals surface area contributed by atoms with E-state index in [-0.39, 0.29) is 5.69 Å². The van der Waals surface area contributed by atoms with E-state index in [1.807, 2.05) is 42.5 Å². The molecule has 0 atom stereocenters. The minimum atomic E-state index is -0.996. The lowest BCUT2D eigenvalue weighted by atomic mass is 10.1. The van der Waals surface area contributed by atoms with Gasteiger partial charge in [0, 0.05) is 20.9 Å². The van der Waals surface area contributed by atoms with E-state index in [0.717, 1.165) is 31.1 Å². The topological polar surface area (TPSA) is 119 Å². The predicted octanol–water partition coefficient (Wildman–Crippen LogP) is 5.07. The molecule has 0 saturated heterocycles. The van der Waals surface area contributed by atoms with Gasteiger partial charge in [-0.1, -0.05) is 36.4 Å². The van der Waals surface area contributed by atoms with Crippen molar-refractivity contribution in [1.82, 2.24) is 9.55 Å².